The van der Waals surface area contributed by atoms with Crippen LogP contribution in [-0.2, 0) is 4.79 Å². The van der Waals surface area contributed by atoms with Gasteiger partial charge in [-0.15, -0.1) is 0 Å². The van der Waals surface area contributed by atoms with E-state index in [1.54, 1.807) is 0 Å². The van der Waals surface area contributed by atoms with Crippen molar-refractivity contribution in [2.24, 2.45) is 5.92 Å². The zero-order valence-electron chi connectivity index (χ0n) is 19.1. The number of aryl methyl sites for hydroxylation is 2. The second-order valence-corrected chi connectivity index (χ2v) is 8.80. The fraction of sp³-hybridized carbons (Fsp3) is 0.269. The third-order valence-corrected chi connectivity index (χ3v) is 6.26. The fourth-order valence-corrected chi connectivity index (χ4v) is 4.37. The van der Waals surface area contributed by atoms with Gasteiger partial charge < -0.3 is 10.2 Å². The molecule has 3 heterocycles. The third-order valence-electron chi connectivity index (χ3n) is 6.26. The van der Waals surface area contributed by atoms with E-state index in [-0.39, 0.29) is 17.5 Å². The van der Waals surface area contributed by atoms with Crippen LogP contribution in [0.3, 0.4) is 0 Å². The Balaban J connectivity index is 1.33. The van der Waals surface area contributed by atoms with E-state index in [9.17, 15) is 13.6 Å². The molecule has 0 atom stereocenters. The number of carbonyl (C=O) groups is 1. The van der Waals surface area contributed by atoms with Crippen LogP contribution < -0.4 is 10.2 Å². The molecule has 174 valence electrons. The summed E-state index contributed by atoms with van der Waals surface area (Å²) in [6, 6.07) is 15.4. The van der Waals surface area contributed by atoms with Gasteiger partial charge in [-0.3, -0.25) is 4.79 Å². The number of amides is 1. The van der Waals surface area contributed by atoms with Crippen LogP contribution in [0.5, 0.6) is 0 Å². The SMILES string of the molecule is Cc1ccc(-c2cc3nc(C)cc(N4CCC(C(=O)Nc5ccc(F)cc5F)CC4)n3n2)cc1. The number of nitrogens with one attached hydrogen (secondary N) is 1. The summed E-state index contributed by atoms with van der Waals surface area (Å²) in [5.41, 5.74) is 4.75. The first-order valence-corrected chi connectivity index (χ1v) is 11.3. The van der Waals surface area contributed by atoms with Crippen LogP contribution in [0.15, 0.2) is 54.6 Å². The Bertz CT molecular complexity index is 1360. The highest BCUT2D eigenvalue weighted by atomic mass is 19.1. The van der Waals surface area contributed by atoms with E-state index in [0.29, 0.717) is 25.9 Å². The first kappa shape index (κ1) is 22.0. The molecule has 2 aromatic carbocycles. The zero-order valence-corrected chi connectivity index (χ0v) is 19.1. The topological polar surface area (TPSA) is 62.5 Å². The lowest BCUT2D eigenvalue weighted by atomic mass is 9.95. The van der Waals surface area contributed by atoms with Gasteiger partial charge in [0.2, 0.25) is 5.91 Å². The second-order valence-electron chi connectivity index (χ2n) is 8.80. The molecule has 0 unspecified atom stereocenters. The van der Waals surface area contributed by atoms with Crippen LogP contribution >= 0.6 is 0 Å². The van der Waals surface area contributed by atoms with E-state index < -0.39 is 11.6 Å². The summed E-state index contributed by atoms with van der Waals surface area (Å²) in [4.78, 5) is 19.5. The Hall–Kier alpha value is -3.81. The molecule has 0 bridgehead atoms. The van der Waals surface area contributed by atoms with E-state index in [1.807, 2.05) is 23.6 Å². The van der Waals surface area contributed by atoms with Gasteiger partial charge in [0.1, 0.15) is 17.5 Å². The van der Waals surface area contributed by atoms with Crippen LogP contribution in [0.4, 0.5) is 20.3 Å². The van der Waals surface area contributed by atoms with Gasteiger partial charge in [-0.05, 0) is 38.8 Å². The molecule has 0 radical (unpaired) electrons. The Morgan fingerprint density at radius 1 is 1.00 bits per heavy atom. The Kier molecular flexibility index (Phi) is 5.73. The van der Waals surface area contributed by atoms with Gasteiger partial charge in [-0.2, -0.15) is 9.61 Å². The maximum Gasteiger partial charge on any atom is 0.227 e. The first-order chi connectivity index (χ1) is 16.4. The van der Waals surface area contributed by atoms with E-state index in [0.717, 1.165) is 40.5 Å². The number of piperidine rings is 1. The smallest absolute Gasteiger partial charge is 0.227 e. The highest BCUT2D eigenvalue weighted by Crippen LogP contribution is 2.28. The Morgan fingerprint density at radius 3 is 2.44 bits per heavy atom. The average Bonchev–Trinajstić information content (AvgIpc) is 3.25. The molecule has 0 spiro atoms. The number of hydrogen-bond donors (Lipinski definition) is 1. The lowest BCUT2D eigenvalue weighted by Gasteiger charge is -2.33. The van der Waals surface area contributed by atoms with Crippen molar-refractivity contribution in [2.75, 3.05) is 23.3 Å². The number of halogens is 2. The zero-order chi connectivity index (χ0) is 23.8. The van der Waals surface area contributed by atoms with Gasteiger partial charge in [0.05, 0.1) is 11.4 Å². The lowest BCUT2D eigenvalue weighted by Crippen LogP contribution is -2.39. The molecule has 2 aromatic heterocycles. The van der Waals surface area contributed by atoms with E-state index in [2.05, 4.69) is 46.4 Å². The minimum atomic E-state index is -0.775. The molecule has 1 amide bonds. The van der Waals surface area contributed by atoms with Gasteiger partial charge in [0.15, 0.2) is 5.65 Å². The summed E-state index contributed by atoms with van der Waals surface area (Å²) in [7, 11) is 0. The molecular formula is C26H25F2N5O. The predicted molar refractivity (Wildman–Crippen MR) is 128 cm³/mol. The molecule has 1 fully saturated rings. The van der Waals surface area contributed by atoms with Gasteiger partial charge in [0, 0.05) is 48.5 Å². The number of hydrogen-bond acceptors (Lipinski definition) is 4. The van der Waals surface area contributed by atoms with Crippen molar-refractivity contribution in [3.8, 4) is 11.3 Å². The Labute approximate surface area is 196 Å². The molecule has 1 aliphatic heterocycles. The van der Waals surface area contributed by atoms with Crippen molar-refractivity contribution in [1.29, 1.82) is 0 Å². The van der Waals surface area contributed by atoms with E-state index >= 15 is 0 Å². The largest absolute Gasteiger partial charge is 0.356 e. The highest BCUT2D eigenvalue weighted by molar-refractivity contribution is 5.92. The van der Waals surface area contributed by atoms with Crippen LogP contribution in [-0.4, -0.2) is 33.6 Å². The summed E-state index contributed by atoms with van der Waals surface area (Å²) < 4.78 is 28.9. The van der Waals surface area contributed by atoms with Crippen molar-refractivity contribution in [3.63, 3.8) is 0 Å². The minimum absolute atomic E-state index is 0.000438. The van der Waals surface area contributed by atoms with Crippen molar-refractivity contribution < 1.29 is 13.6 Å². The number of fused-ring (bicyclic) bond motifs is 1. The molecule has 8 heteroatoms. The molecule has 0 aliphatic carbocycles. The standard InChI is InChI=1S/C26H25F2N5O/c1-16-3-5-18(6-4-16)23-15-24-29-17(2)13-25(33(24)31-23)32-11-9-19(10-12-32)26(34)30-22-8-7-20(27)14-21(22)28/h3-8,13-15,19H,9-12H2,1-2H3,(H,30,34). The summed E-state index contributed by atoms with van der Waals surface area (Å²) in [6.45, 7) is 5.32. The van der Waals surface area contributed by atoms with Crippen molar-refractivity contribution in [2.45, 2.75) is 26.7 Å². The Morgan fingerprint density at radius 2 is 1.74 bits per heavy atom. The molecule has 34 heavy (non-hydrogen) atoms. The number of anilines is 2. The number of aromatic nitrogens is 3. The predicted octanol–water partition coefficient (Wildman–Crippen LogP) is 5.15. The summed E-state index contributed by atoms with van der Waals surface area (Å²) in [5, 5.41) is 7.42. The number of nitrogens with zero attached hydrogens (tertiary/aromatic N) is 4. The van der Waals surface area contributed by atoms with Gasteiger partial charge in [0.25, 0.3) is 0 Å². The van der Waals surface area contributed by atoms with E-state index in [4.69, 9.17) is 5.10 Å². The quantitative estimate of drug-likeness (QED) is 0.457. The molecule has 5 rings (SSSR count). The van der Waals surface area contributed by atoms with Crippen LogP contribution in [0.2, 0.25) is 0 Å². The van der Waals surface area contributed by atoms with Gasteiger partial charge in [-0.25, -0.2) is 13.8 Å². The highest BCUT2D eigenvalue weighted by Gasteiger charge is 2.27. The van der Waals surface area contributed by atoms with Gasteiger partial charge in [-0.1, -0.05) is 29.8 Å². The molecule has 1 aliphatic rings. The molecule has 4 aromatic rings. The normalized spacial score (nSPS) is 14.5. The van der Waals surface area contributed by atoms with E-state index in [1.165, 1.54) is 11.6 Å². The van der Waals surface area contributed by atoms with Crippen LogP contribution in [0.1, 0.15) is 24.1 Å². The molecule has 1 saturated heterocycles. The monoisotopic (exact) mass is 461 g/mol. The van der Waals surface area contributed by atoms with Crippen LogP contribution in [0, 0.1) is 31.4 Å². The van der Waals surface area contributed by atoms with Crippen molar-refractivity contribution >= 4 is 23.1 Å². The van der Waals surface area contributed by atoms with Crippen molar-refractivity contribution in [3.05, 3.63) is 77.5 Å². The van der Waals surface area contributed by atoms with Gasteiger partial charge >= 0.3 is 0 Å². The summed E-state index contributed by atoms with van der Waals surface area (Å²) in [5.74, 6) is -1.01. The second kappa shape index (κ2) is 8.85. The minimum Gasteiger partial charge on any atom is -0.356 e. The average molecular weight is 462 g/mol. The third kappa shape index (κ3) is 4.35. The maximum absolute atomic E-state index is 13.9. The number of carbonyl (C=O) groups excluding carboxylic acids is 1. The summed E-state index contributed by atoms with van der Waals surface area (Å²) in [6.07, 6.45) is 1.23. The fourth-order valence-electron chi connectivity index (χ4n) is 4.37. The maximum atomic E-state index is 13.9. The number of benzene rings is 2. The van der Waals surface area contributed by atoms with Crippen LogP contribution in [0.25, 0.3) is 16.9 Å². The molecule has 1 N–H and O–H groups in total. The molecular weight excluding hydrogens is 436 g/mol. The lowest BCUT2D eigenvalue weighted by molar-refractivity contribution is -0.120. The molecule has 0 saturated carbocycles. The van der Waals surface area contributed by atoms with Crippen molar-refractivity contribution in [1.82, 2.24) is 14.6 Å². The number of rotatable bonds is 4. The summed E-state index contributed by atoms with van der Waals surface area (Å²) >= 11 is 0. The first-order valence-electron chi connectivity index (χ1n) is 11.3. The molecule has 6 nitrogen and oxygen atoms in total.